The molecular weight excluding hydrogens is 353 g/mol. The van der Waals surface area contributed by atoms with Crippen LogP contribution in [0.4, 0.5) is 14.5 Å². The number of aromatic nitrogens is 1. The predicted molar refractivity (Wildman–Crippen MR) is 59.9 cm³/mol. The first-order valence-electron chi connectivity index (χ1n) is 4.09. The molecule has 1 heterocycles. The van der Waals surface area contributed by atoms with Gasteiger partial charge in [-0.25, -0.2) is 18.6 Å². The molecule has 0 aromatic carbocycles. The normalized spacial score (nSPS) is 10.4. The molecule has 1 aromatic heterocycles. The Bertz CT molecular complexity index is 481. The number of hydrogen-bond donors (Lipinski definition) is 0. The summed E-state index contributed by atoms with van der Waals surface area (Å²) in [7, 11) is 1.01. The maximum absolute atomic E-state index is 12.8. The molecule has 0 spiro atoms. The minimum Gasteiger partial charge on any atom is -0.464 e. The molecule has 0 aliphatic heterocycles. The first kappa shape index (κ1) is 13.7. The highest BCUT2D eigenvalue weighted by molar-refractivity contribution is 14.1. The molecular formula is C8H5F2IN2O4. The zero-order valence-corrected chi connectivity index (χ0v) is 10.5. The Morgan fingerprint density at radius 3 is 2.65 bits per heavy atom. The van der Waals surface area contributed by atoms with Gasteiger partial charge in [0, 0.05) is 0 Å². The fourth-order valence-corrected chi connectivity index (χ4v) is 1.91. The fraction of sp³-hybridized carbons (Fsp3) is 0.250. The predicted octanol–water partition coefficient (Wildman–Crippen LogP) is 2.32. The third-order valence-electron chi connectivity index (χ3n) is 1.83. The molecule has 1 rings (SSSR count). The van der Waals surface area contributed by atoms with Crippen LogP contribution >= 0.6 is 22.6 Å². The Morgan fingerprint density at radius 2 is 2.24 bits per heavy atom. The van der Waals surface area contributed by atoms with Gasteiger partial charge in [-0.05, 0) is 22.6 Å². The van der Waals surface area contributed by atoms with Crippen molar-refractivity contribution in [2.75, 3.05) is 7.11 Å². The second-order valence-electron chi connectivity index (χ2n) is 2.77. The van der Waals surface area contributed by atoms with E-state index in [1.807, 2.05) is 0 Å². The first-order chi connectivity index (χ1) is 7.90. The monoisotopic (exact) mass is 358 g/mol. The number of rotatable bonds is 3. The van der Waals surface area contributed by atoms with Gasteiger partial charge >= 0.3 is 11.7 Å². The van der Waals surface area contributed by atoms with Crippen LogP contribution in [0.15, 0.2) is 6.20 Å². The van der Waals surface area contributed by atoms with Gasteiger partial charge in [0.05, 0.1) is 17.6 Å². The largest absolute Gasteiger partial charge is 0.464 e. The lowest BCUT2D eigenvalue weighted by molar-refractivity contribution is -0.386. The molecule has 92 valence electrons. The Morgan fingerprint density at radius 1 is 1.65 bits per heavy atom. The Labute approximate surface area is 107 Å². The maximum Gasteiger partial charge on any atom is 0.357 e. The smallest absolute Gasteiger partial charge is 0.357 e. The van der Waals surface area contributed by atoms with E-state index in [0.717, 1.165) is 13.3 Å². The van der Waals surface area contributed by atoms with Crippen molar-refractivity contribution in [1.29, 1.82) is 0 Å². The average molecular weight is 358 g/mol. The molecule has 6 nitrogen and oxygen atoms in total. The van der Waals surface area contributed by atoms with Gasteiger partial charge in [0.2, 0.25) is 0 Å². The topological polar surface area (TPSA) is 82.3 Å². The summed E-state index contributed by atoms with van der Waals surface area (Å²) in [5, 5.41) is 10.5. The van der Waals surface area contributed by atoms with Crippen LogP contribution in [0.1, 0.15) is 22.5 Å². The van der Waals surface area contributed by atoms with Crippen molar-refractivity contribution < 1.29 is 23.2 Å². The molecule has 0 saturated carbocycles. The lowest BCUT2D eigenvalue weighted by atomic mass is 10.2. The SMILES string of the molecule is COC(=O)c1ncc([N+](=O)[O-])c(I)c1C(F)F. The van der Waals surface area contributed by atoms with E-state index < -0.39 is 34.3 Å². The van der Waals surface area contributed by atoms with Crippen LogP contribution in [0.3, 0.4) is 0 Å². The zero-order chi connectivity index (χ0) is 13.2. The van der Waals surface area contributed by atoms with Gasteiger partial charge in [-0.15, -0.1) is 0 Å². The molecule has 17 heavy (non-hydrogen) atoms. The molecule has 0 bridgehead atoms. The van der Waals surface area contributed by atoms with Crippen LogP contribution in [-0.2, 0) is 4.74 Å². The van der Waals surface area contributed by atoms with E-state index in [0.29, 0.717) is 0 Å². The molecule has 0 amide bonds. The van der Waals surface area contributed by atoms with Crippen LogP contribution in [0.2, 0.25) is 0 Å². The molecule has 1 aromatic rings. The molecule has 0 unspecified atom stereocenters. The number of alkyl halides is 2. The van der Waals surface area contributed by atoms with Gasteiger partial charge in [-0.3, -0.25) is 10.1 Å². The van der Waals surface area contributed by atoms with E-state index in [1.54, 1.807) is 0 Å². The molecule has 0 aliphatic rings. The van der Waals surface area contributed by atoms with E-state index in [1.165, 1.54) is 22.6 Å². The van der Waals surface area contributed by atoms with Crippen molar-refractivity contribution in [3.63, 3.8) is 0 Å². The van der Waals surface area contributed by atoms with Crippen LogP contribution in [0, 0.1) is 13.7 Å². The van der Waals surface area contributed by atoms with Crippen LogP contribution in [0.5, 0.6) is 0 Å². The summed E-state index contributed by atoms with van der Waals surface area (Å²) in [6.07, 6.45) is -2.30. The molecule has 0 radical (unpaired) electrons. The van der Waals surface area contributed by atoms with Gasteiger partial charge in [0.1, 0.15) is 9.77 Å². The molecule has 0 saturated heterocycles. The minimum atomic E-state index is -3.05. The Balaban J connectivity index is 3.50. The zero-order valence-electron chi connectivity index (χ0n) is 8.32. The maximum atomic E-state index is 12.8. The Hall–Kier alpha value is -1.39. The van der Waals surface area contributed by atoms with Crippen LogP contribution in [0.25, 0.3) is 0 Å². The van der Waals surface area contributed by atoms with Gasteiger partial charge in [0.25, 0.3) is 6.43 Å². The average Bonchev–Trinajstić information content (AvgIpc) is 2.26. The summed E-state index contributed by atoms with van der Waals surface area (Å²) in [4.78, 5) is 24.2. The van der Waals surface area contributed by atoms with Crippen molar-refractivity contribution in [2.24, 2.45) is 0 Å². The number of esters is 1. The summed E-state index contributed by atoms with van der Waals surface area (Å²) in [5.74, 6) is -1.06. The lowest BCUT2D eigenvalue weighted by Crippen LogP contribution is -2.12. The Kier molecular flexibility index (Phi) is 4.26. The second kappa shape index (κ2) is 5.29. The number of halogens is 3. The molecule has 0 aliphatic carbocycles. The van der Waals surface area contributed by atoms with Gasteiger partial charge in [-0.1, -0.05) is 0 Å². The third kappa shape index (κ3) is 2.65. The fourth-order valence-electron chi connectivity index (χ4n) is 1.08. The number of hydrogen-bond acceptors (Lipinski definition) is 5. The van der Waals surface area contributed by atoms with E-state index in [4.69, 9.17) is 0 Å². The van der Waals surface area contributed by atoms with Crippen molar-refractivity contribution >= 4 is 34.2 Å². The van der Waals surface area contributed by atoms with Gasteiger partial charge < -0.3 is 4.74 Å². The van der Waals surface area contributed by atoms with Crippen LogP contribution < -0.4 is 0 Å². The summed E-state index contributed by atoms with van der Waals surface area (Å²) < 4.78 is 29.5. The van der Waals surface area contributed by atoms with Gasteiger partial charge in [0.15, 0.2) is 5.69 Å². The van der Waals surface area contributed by atoms with E-state index in [2.05, 4.69) is 9.72 Å². The highest BCUT2D eigenvalue weighted by atomic mass is 127. The number of ether oxygens (including phenoxy) is 1. The van der Waals surface area contributed by atoms with Crippen molar-refractivity contribution in [3.8, 4) is 0 Å². The minimum absolute atomic E-state index is 0.321. The van der Waals surface area contributed by atoms with Gasteiger partial charge in [-0.2, -0.15) is 0 Å². The summed E-state index contributed by atoms with van der Waals surface area (Å²) in [5.41, 5.74) is -1.97. The number of pyridine rings is 1. The first-order valence-corrected chi connectivity index (χ1v) is 5.17. The van der Waals surface area contributed by atoms with Crippen molar-refractivity contribution in [2.45, 2.75) is 6.43 Å². The number of methoxy groups -OCH3 is 1. The highest BCUT2D eigenvalue weighted by Crippen LogP contribution is 2.32. The van der Waals surface area contributed by atoms with E-state index >= 15 is 0 Å². The quantitative estimate of drug-likeness (QED) is 0.359. The molecule has 0 fully saturated rings. The highest BCUT2D eigenvalue weighted by Gasteiger charge is 2.29. The van der Waals surface area contributed by atoms with Crippen LogP contribution in [-0.4, -0.2) is 23.0 Å². The number of nitro groups is 1. The molecule has 9 heteroatoms. The standard InChI is InChI=1S/C8H5F2IN2O4/c1-17-8(14)6-4(7(9)10)5(11)3(2-12-6)13(15)16/h2,7H,1H3. The summed E-state index contributed by atoms with van der Waals surface area (Å²) in [6, 6.07) is 0. The number of carbonyl (C=O) groups is 1. The molecule has 0 atom stereocenters. The van der Waals surface area contributed by atoms with Crippen molar-refractivity contribution in [3.05, 3.63) is 31.1 Å². The van der Waals surface area contributed by atoms with E-state index in [9.17, 15) is 23.7 Å². The number of nitrogens with zero attached hydrogens (tertiary/aromatic N) is 2. The van der Waals surface area contributed by atoms with Crippen molar-refractivity contribution in [1.82, 2.24) is 4.98 Å². The number of carbonyl (C=O) groups excluding carboxylic acids is 1. The molecule has 0 N–H and O–H groups in total. The second-order valence-corrected chi connectivity index (χ2v) is 3.85. The third-order valence-corrected chi connectivity index (χ3v) is 2.96. The summed E-state index contributed by atoms with van der Waals surface area (Å²) >= 11 is 1.38. The lowest BCUT2D eigenvalue weighted by Gasteiger charge is -2.08. The van der Waals surface area contributed by atoms with E-state index in [-0.39, 0.29) is 3.57 Å². The summed E-state index contributed by atoms with van der Waals surface area (Å²) in [6.45, 7) is 0.